The number of halogens is 2. The van der Waals surface area contributed by atoms with Gasteiger partial charge in [0.1, 0.15) is 18.0 Å². The van der Waals surface area contributed by atoms with Crippen LogP contribution in [-0.4, -0.2) is 77.6 Å². The van der Waals surface area contributed by atoms with Crippen LogP contribution in [0.25, 0.3) is 5.69 Å². The molecule has 216 valence electrons. The lowest BCUT2D eigenvalue weighted by atomic mass is 9.83. The Morgan fingerprint density at radius 1 is 1.12 bits per heavy atom. The monoisotopic (exact) mass is 559 g/mol. The Bertz CT molecular complexity index is 1400. The van der Waals surface area contributed by atoms with Crippen molar-refractivity contribution in [3.8, 4) is 11.4 Å². The minimum Gasteiger partial charge on any atom is -0.488 e. The van der Waals surface area contributed by atoms with Crippen molar-refractivity contribution in [2.75, 3.05) is 36.9 Å². The third kappa shape index (κ3) is 6.22. The molecular weight excluding hydrogens is 524 g/mol. The molecule has 2 fully saturated rings. The van der Waals surface area contributed by atoms with E-state index in [0.717, 1.165) is 54.0 Å². The van der Waals surface area contributed by atoms with Crippen LogP contribution in [0.3, 0.4) is 0 Å². The topological polar surface area (TPSA) is 135 Å². The van der Waals surface area contributed by atoms with E-state index < -0.39 is 22.9 Å². The molecule has 14 heteroatoms. The molecule has 0 bridgehead atoms. The third-order valence-electron chi connectivity index (χ3n) is 7.33. The van der Waals surface area contributed by atoms with Gasteiger partial charge in [0.05, 0.1) is 17.5 Å². The molecule has 2 saturated heterocycles. The molecule has 0 unspecified atom stereocenters. The molecule has 2 atom stereocenters. The summed E-state index contributed by atoms with van der Waals surface area (Å²) in [7, 11) is 1.42. The molecule has 0 aliphatic carbocycles. The van der Waals surface area contributed by atoms with Gasteiger partial charge in [0.15, 0.2) is 17.5 Å². The van der Waals surface area contributed by atoms with Gasteiger partial charge in [0.25, 0.3) is 0 Å². The second-order valence-electron chi connectivity index (χ2n) is 11.1. The molecule has 5 rings (SSSR count). The molecule has 12 nitrogen and oxygen atoms in total. The van der Waals surface area contributed by atoms with Crippen LogP contribution in [0.4, 0.5) is 26.2 Å². The fourth-order valence-corrected chi connectivity index (χ4v) is 5.35. The van der Waals surface area contributed by atoms with Crippen LogP contribution in [0.2, 0.25) is 0 Å². The van der Waals surface area contributed by atoms with Crippen LogP contribution >= 0.6 is 0 Å². The van der Waals surface area contributed by atoms with E-state index in [-0.39, 0.29) is 35.5 Å². The Labute approximate surface area is 230 Å². The van der Waals surface area contributed by atoms with Gasteiger partial charge >= 0.3 is 5.69 Å². The van der Waals surface area contributed by atoms with E-state index in [1.54, 1.807) is 0 Å². The van der Waals surface area contributed by atoms with Crippen LogP contribution in [0.1, 0.15) is 46.0 Å². The number of nitrogens with zero attached hydrogens (tertiary/aromatic N) is 7. The van der Waals surface area contributed by atoms with E-state index in [0.29, 0.717) is 18.5 Å². The predicted octanol–water partition coefficient (Wildman–Crippen LogP) is 2.60. The van der Waals surface area contributed by atoms with Crippen LogP contribution < -0.4 is 21.1 Å². The second-order valence-corrected chi connectivity index (χ2v) is 11.1. The van der Waals surface area contributed by atoms with Crippen LogP contribution in [0, 0.1) is 17.6 Å². The number of nitrogens with one attached hydrogen (secondary N) is 2. The van der Waals surface area contributed by atoms with Gasteiger partial charge in [-0.25, -0.2) is 18.6 Å². The highest BCUT2D eigenvalue weighted by molar-refractivity contribution is 5.63. The maximum absolute atomic E-state index is 15.2. The fraction of sp³-hybridized carbons (Fsp3) is 0.577. The largest absolute Gasteiger partial charge is 0.488 e. The number of anilines is 3. The van der Waals surface area contributed by atoms with Gasteiger partial charge in [0.2, 0.25) is 5.95 Å². The van der Waals surface area contributed by atoms with Crippen LogP contribution in [-0.2, 0) is 7.05 Å². The number of aliphatic hydroxyl groups is 1. The minimum absolute atomic E-state index is 0.0283. The van der Waals surface area contributed by atoms with Crippen molar-refractivity contribution in [1.82, 2.24) is 34.7 Å². The maximum Gasteiger partial charge on any atom is 0.368 e. The number of ether oxygens (including phenoxy) is 1. The number of fused-ring (bicyclic) bond motifs is 1. The van der Waals surface area contributed by atoms with E-state index in [1.165, 1.54) is 39.8 Å². The molecule has 2 aliphatic heterocycles. The zero-order valence-electron chi connectivity index (χ0n) is 22.9. The maximum atomic E-state index is 15.2. The molecule has 3 aromatic rings. The van der Waals surface area contributed by atoms with Gasteiger partial charge in [-0.05, 0) is 75.0 Å². The van der Waals surface area contributed by atoms with E-state index >= 15 is 4.39 Å². The standard InChI is InChI=1S/C26H35F2N9O3/c1-26(2,39)15-40-22-11-17(27)19(12-21(22)37-25(38)35(3)33-34-37)31-24-30-14-18(28)23(32-24)29-13-16-7-6-10-36-9-5-4-8-20(16)36/h11-12,14,16,20,39H,4-10,13,15H2,1-3H3,(H2,29,30,31,32)/t16-,20+/m0/s1. The summed E-state index contributed by atoms with van der Waals surface area (Å²) in [5.41, 5.74) is -1.81. The fourth-order valence-electron chi connectivity index (χ4n) is 5.35. The van der Waals surface area contributed by atoms with Gasteiger partial charge in [-0.3, -0.25) is 0 Å². The van der Waals surface area contributed by atoms with Crippen molar-refractivity contribution in [1.29, 1.82) is 0 Å². The Morgan fingerprint density at radius 2 is 1.93 bits per heavy atom. The first-order valence-electron chi connectivity index (χ1n) is 13.5. The van der Waals surface area contributed by atoms with Gasteiger partial charge in [-0.2, -0.15) is 14.3 Å². The van der Waals surface area contributed by atoms with Crippen molar-refractivity contribution in [2.45, 2.75) is 57.6 Å². The summed E-state index contributed by atoms with van der Waals surface area (Å²) in [6, 6.07) is 2.85. The molecule has 0 amide bonds. The number of tetrazole rings is 1. The van der Waals surface area contributed by atoms with Gasteiger partial charge in [-0.15, -0.1) is 0 Å². The predicted molar refractivity (Wildman–Crippen MR) is 144 cm³/mol. The summed E-state index contributed by atoms with van der Waals surface area (Å²) in [5.74, 6) is -0.992. The van der Waals surface area contributed by atoms with E-state index in [4.69, 9.17) is 4.74 Å². The number of hydrogen-bond donors (Lipinski definition) is 3. The zero-order valence-corrected chi connectivity index (χ0v) is 22.9. The zero-order chi connectivity index (χ0) is 28.4. The molecule has 3 N–H and O–H groups in total. The van der Waals surface area contributed by atoms with Gasteiger partial charge in [0, 0.05) is 25.7 Å². The van der Waals surface area contributed by atoms with Crippen molar-refractivity contribution in [3.63, 3.8) is 0 Å². The summed E-state index contributed by atoms with van der Waals surface area (Å²) < 4.78 is 37.4. The molecule has 2 aliphatic rings. The van der Waals surface area contributed by atoms with E-state index in [9.17, 15) is 14.3 Å². The lowest BCUT2D eigenvalue weighted by Crippen LogP contribution is -2.49. The average Bonchev–Trinajstić information content (AvgIpc) is 3.26. The summed E-state index contributed by atoms with van der Waals surface area (Å²) in [6.45, 7) is 5.71. The molecule has 40 heavy (non-hydrogen) atoms. The van der Waals surface area contributed by atoms with Crippen molar-refractivity contribution < 1.29 is 18.6 Å². The highest BCUT2D eigenvalue weighted by Crippen LogP contribution is 2.32. The second kappa shape index (κ2) is 11.5. The van der Waals surface area contributed by atoms with Gasteiger partial charge in [-0.1, -0.05) is 6.42 Å². The summed E-state index contributed by atoms with van der Waals surface area (Å²) in [4.78, 5) is 23.3. The lowest BCUT2D eigenvalue weighted by molar-refractivity contribution is 0.0283. The molecule has 4 heterocycles. The number of rotatable bonds is 9. The Morgan fingerprint density at radius 3 is 2.67 bits per heavy atom. The highest BCUT2D eigenvalue weighted by Gasteiger charge is 2.33. The lowest BCUT2D eigenvalue weighted by Gasteiger charge is -2.44. The van der Waals surface area contributed by atoms with Gasteiger partial charge < -0.3 is 25.4 Å². The molecule has 0 spiro atoms. The summed E-state index contributed by atoms with van der Waals surface area (Å²) >= 11 is 0. The molecule has 1 aromatic carbocycles. The van der Waals surface area contributed by atoms with Crippen molar-refractivity contribution >= 4 is 17.5 Å². The first kappa shape index (κ1) is 27.9. The normalized spacial score (nSPS) is 19.8. The molecule has 0 saturated carbocycles. The number of aryl methyl sites for hydroxylation is 1. The molecule has 0 radical (unpaired) electrons. The van der Waals surface area contributed by atoms with Crippen molar-refractivity contribution in [2.24, 2.45) is 13.0 Å². The summed E-state index contributed by atoms with van der Waals surface area (Å²) in [5, 5.41) is 23.5. The Balaban J connectivity index is 1.37. The quantitative estimate of drug-likeness (QED) is 0.359. The van der Waals surface area contributed by atoms with Crippen LogP contribution in [0.15, 0.2) is 23.1 Å². The minimum atomic E-state index is -1.21. The average molecular weight is 560 g/mol. The first-order valence-corrected chi connectivity index (χ1v) is 13.5. The van der Waals surface area contributed by atoms with Crippen molar-refractivity contribution in [3.05, 3.63) is 40.4 Å². The van der Waals surface area contributed by atoms with E-state index in [1.807, 2.05) is 0 Å². The molecular formula is C26H35F2N9O3. The SMILES string of the molecule is Cn1nnn(-c2cc(Nc3ncc(F)c(NC[C@@H]4CCCN5CCCC[C@H]45)n3)c(F)cc2OCC(C)(C)O)c1=O. The Hall–Kier alpha value is -3.65. The summed E-state index contributed by atoms with van der Waals surface area (Å²) in [6.07, 6.45) is 6.80. The van der Waals surface area contributed by atoms with E-state index in [2.05, 4.69) is 35.9 Å². The van der Waals surface area contributed by atoms with Crippen LogP contribution in [0.5, 0.6) is 5.75 Å². The molecule has 2 aromatic heterocycles. The first-order chi connectivity index (χ1) is 19.1. The number of benzene rings is 1. The third-order valence-corrected chi connectivity index (χ3v) is 7.33. The smallest absolute Gasteiger partial charge is 0.368 e. The highest BCUT2D eigenvalue weighted by atomic mass is 19.1. The number of aromatic nitrogens is 6. The Kier molecular flexibility index (Phi) is 7.99. The number of hydrogen-bond acceptors (Lipinski definition) is 10. The number of piperidine rings is 2.